The maximum absolute atomic E-state index is 11.4. The lowest BCUT2D eigenvalue weighted by atomic mass is 9.76. The van der Waals surface area contributed by atoms with Crippen molar-refractivity contribution in [1.82, 2.24) is 5.32 Å². The minimum Gasteiger partial charge on any atom is -0.396 e. The zero-order chi connectivity index (χ0) is 12.1. The first-order valence-corrected chi connectivity index (χ1v) is 7.88. The Hall–Kier alpha value is -0.130. The maximum Gasteiger partial charge on any atom is 0.150 e. The molecule has 0 aromatic rings. The number of piperidine rings is 1. The van der Waals surface area contributed by atoms with Gasteiger partial charge in [0.2, 0.25) is 0 Å². The summed E-state index contributed by atoms with van der Waals surface area (Å²) in [6.45, 7) is 3.73. The quantitative estimate of drug-likeness (QED) is 0.722. The Bertz CT molecular complexity index is 294. The molecule has 1 saturated heterocycles. The number of aliphatic hydroxyl groups excluding tert-OH is 1. The predicted molar refractivity (Wildman–Crippen MR) is 65.2 cm³/mol. The van der Waals surface area contributed by atoms with Gasteiger partial charge in [0.1, 0.15) is 9.84 Å². The van der Waals surface area contributed by atoms with Crippen LogP contribution in [0, 0.1) is 5.41 Å². The van der Waals surface area contributed by atoms with Gasteiger partial charge in [-0.25, -0.2) is 8.42 Å². The van der Waals surface area contributed by atoms with Gasteiger partial charge in [-0.1, -0.05) is 6.92 Å². The average Bonchev–Trinajstić information content (AvgIpc) is 2.30. The molecule has 0 bridgehead atoms. The third-order valence-corrected chi connectivity index (χ3v) is 5.39. The molecule has 0 aliphatic carbocycles. The van der Waals surface area contributed by atoms with Crippen molar-refractivity contribution >= 4 is 9.84 Å². The summed E-state index contributed by atoms with van der Waals surface area (Å²) in [7, 11) is -2.85. The molecule has 0 saturated carbocycles. The molecule has 1 aliphatic heterocycles. The largest absolute Gasteiger partial charge is 0.396 e. The Labute approximate surface area is 98.4 Å². The average molecular weight is 249 g/mol. The molecule has 0 unspecified atom stereocenters. The number of rotatable bonds is 6. The number of aliphatic hydroxyl groups is 1. The normalized spacial score (nSPS) is 20.9. The zero-order valence-corrected chi connectivity index (χ0v) is 10.9. The van der Waals surface area contributed by atoms with E-state index >= 15 is 0 Å². The summed E-state index contributed by atoms with van der Waals surface area (Å²) in [5, 5.41) is 12.7. The van der Waals surface area contributed by atoms with E-state index in [-0.39, 0.29) is 23.5 Å². The first kappa shape index (κ1) is 13.9. The van der Waals surface area contributed by atoms with Crippen LogP contribution in [0.1, 0.15) is 32.6 Å². The van der Waals surface area contributed by atoms with Gasteiger partial charge in [0.25, 0.3) is 0 Å². The van der Waals surface area contributed by atoms with Crippen LogP contribution < -0.4 is 5.32 Å². The second-order valence-corrected chi connectivity index (χ2v) is 7.22. The summed E-state index contributed by atoms with van der Waals surface area (Å²) in [4.78, 5) is 0. The van der Waals surface area contributed by atoms with Crippen LogP contribution in [0.25, 0.3) is 0 Å². The minimum atomic E-state index is -2.85. The van der Waals surface area contributed by atoms with Crippen molar-refractivity contribution in [2.45, 2.75) is 32.6 Å². The SMILES string of the molecule is CCS(=O)(=O)CCCC1(CO)CCNCC1. The van der Waals surface area contributed by atoms with Crippen LogP contribution in [0.5, 0.6) is 0 Å². The Kier molecular flexibility index (Phi) is 5.21. The Morgan fingerprint density at radius 1 is 1.31 bits per heavy atom. The van der Waals surface area contributed by atoms with Crippen LogP contribution in [0.4, 0.5) is 0 Å². The minimum absolute atomic E-state index is 0.0332. The number of sulfone groups is 1. The first-order valence-electron chi connectivity index (χ1n) is 6.06. The highest BCUT2D eigenvalue weighted by atomic mass is 32.2. The van der Waals surface area contributed by atoms with E-state index in [1.165, 1.54) is 0 Å². The van der Waals surface area contributed by atoms with Gasteiger partial charge in [0.15, 0.2) is 0 Å². The highest BCUT2D eigenvalue weighted by Crippen LogP contribution is 2.33. The van der Waals surface area contributed by atoms with Gasteiger partial charge in [-0.2, -0.15) is 0 Å². The van der Waals surface area contributed by atoms with Crippen LogP contribution in [-0.4, -0.2) is 44.7 Å². The van der Waals surface area contributed by atoms with Crippen molar-refractivity contribution in [2.24, 2.45) is 5.41 Å². The molecule has 4 nitrogen and oxygen atoms in total. The van der Waals surface area contributed by atoms with Crippen LogP contribution in [0.15, 0.2) is 0 Å². The van der Waals surface area contributed by atoms with Crippen molar-refractivity contribution in [3.8, 4) is 0 Å². The highest BCUT2D eigenvalue weighted by molar-refractivity contribution is 7.91. The van der Waals surface area contributed by atoms with Crippen molar-refractivity contribution in [2.75, 3.05) is 31.2 Å². The maximum atomic E-state index is 11.4. The fraction of sp³-hybridized carbons (Fsp3) is 1.00. The standard InChI is InChI=1S/C11H23NO3S/c1-2-16(14,15)9-3-4-11(10-13)5-7-12-8-6-11/h12-13H,2-10H2,1H3. The summed E-state index contributed by atoms with van der Waals surface area (Å²) in [6, 6.07) is 0. The lowest BCUT2D eigenvalue weighted by Gasteiger charge is -2.36. The lowest BCUT2D eigenvalue weighted by Crippen LogP contribution is -2.39. The van der Waals surface area contributed by atoms with E-state index in [0.29, 0.717) is 6.42 Å². The molecule has 0 atom stereocenters. The fourth-order valence-electron chi connectivity index (χ4n) is 2.26. The third kappa shape index (κ3) is 4.03. The Balaban J connectivity index is 2.39. The molecule has 1 aliphatic rings. The topological polar surface area (TPSA) is 66.4 Å². The second-order valence-electron chi connectivity index (χ2n) is 4.75. The zero-order valence-electron chi connectivity index (χ0n) is 10.0. The van der Waals surface area contributed by atoms with Crippen molar-refractivity contribution < 1.29 is 13.5 Å². The molecule has 0 amide bonds. The third-order valence-electron chi connectivity index (χ3n) is 3.60. The van der Waals surface area contributed by atoms with Crippen molar-refractivity contribution in [3.63, 3.8) is 0 Å². The molecule has 2 N–H and O–H groups in total. The van der Waals surface area contributed by atoms with Gasteiger partial charge in [-0.15, -0.1) is 0 Å². The van der Waals surface area contributed by atoms with E-state index in [4.69, 9.17) is 0 Å². The number of hydrogen-bond donors (Lipinski definition) is 2. The molecule has 16 heavy (non-hydrogen) atoms. The number of hydrogen-bond acceptors (Lipinski definition) is 4. The molecule has 1 rings (SSSR count). The van der Waals surface area contributed by atoms with Gasteiger partial charge < -0.3 is 10.4 Å². The molecule has 5 heteroatoms. The smallest absolute Gasteiger partial charge is 0.150 e. The molecule has 0 aromatic carbocycles. The summed E-state index contributed by atoms with van der Waals surface area (Å²) < 4.78 is 22.7. The molecule has 1 heterocycles. The van der Waals surface area contributed by atoms with Crippen LogP contribution in [0.3, 0.4) is 0 Å². The van der Waals surface area contributed by atoms with Gasteiger partial charge in [0, 0.05) is 12.4 Å². The Morgan fingerprint density at radius 3 is 2.44 bits per heavy atom. The fourth-order valence-corrected chi connectivity index (χ4v) is 3.13. The lowest BCUT2D eigenvalue weighted by molar-refractivity contribution is 0.0797. The van der Waals surface area contributed by atoms with Gasteiger partial charge in [-0.05, 0) is 44.2 Å². The van der Waals surface area contributed by atoms with E-state index in [2.05, 4.69) is 5.32 Å². The van der Waals surface area contributed by atoms with E-state index in [1.54, 1.807) is 6.92 Å². The Morgan fingerprint density at radius 2 is 1.94 bits per heavy atom. The molecular weight excluding hydrogens is 226 g/mol. The van der Waals surface area contributed by atoms with Gasteiger partial charge >= 0.3 is 0 Å². The molecule has 0 spiro atoms. The summed E-state index contributed by atoms with van der Waals surface area (Å²) in [5.74, 6) is 0.485. The monoisotopic (exact) mass is 249 g/mol. The molecule has 0 aromatic heterocycles. The molecule has 1 fully saturated rings. The van der Waals surface area contributed by atoms with Crippen LogP contribution >= 0.6 is 0 Å². The highest BCUT2D eigenvalue weighted by Gasteiger charge is 2.31. The van der Waals surface area contributed by atoms with Crippen LogP contribution in [0.2, 0.25) is 0 Å². The van der Waals surface area contributed by atoms with E-state index < -0.39 is 9.84 Å². The van der Waals surface area contributed by atoms with Crippen molar-refractivity contribution in [3.05, 3.63) is 0 Å². The van der Waals surface area contributed by atoms with Gasteiger partial charge in [0.05, 0.1) is 5.75 Å². The number of nitrogens with one attached hydrogen (secondary N) is 1. The van der Waals surface area contributed by atoms with E-state index in [0.717, 1.165) is 32.4 Å². The second kappa shape index (κ2) is 5.98. The van der Waals surface area contributed by atoms with E-state index in [1.807, 2.05) is 0 Å². The summed E-state index contributed by atoms with van der Waals surface area (Å²) in [5.41, 5.74) is -0.0332. The molecule has 96 valence electrons. The first-order chi connectivity index (χ1) is 7.54. The van der Waals surface area contributed by atoms with Crippen molar-refractivity contribution in [1.29, 1.82) is 0 Å². The molecular formula is C11H23NO3S. The molecule has 0 radical (unpaired) electrons. The summed E-state index contributed by atoms with van der Waals surface area (Å²) >= 11 is 0. The van der Waals surface area contributed by atoms with Gasteiger partial charge in [-0.3, -0.25) is 0 Å². The predicted octanol–water partition coefficient (Wildman–Crippen LogP) is 0.563. The van der Waals surface area contributed by atoms with Crippen LogP contribution in [-0.2, 0) is 9.84 Å². The van der Waals surface area contributed by atoms with E-state index in [9.17, 15) is 13.5 Å². The summed E-state index contributed by atoms with van der Waals surface area (Å²) in [6.07, 6.45) is 3.41.